The Labute approximate surface area is 247 Å². The summed E-state index contributed by atoms with van der Waals surface area (Å²) in [6.07, 6.45) is 7.56. The highest BCUT2D eigenvalue weighted by atomic mass is 16.5. The van der Waals surface area contributed by atoms with Crippen molar-refractivity contribution < 1.29 is 14.3 Å². The van der Waals surface area contributed by atoms with Crippen molar-refractivity contribution in [1.29, 1.82) is 0 Å². The Morgan fingerprint density at radius 2 is 1.56 bits per heavy atom. The molecule has 1 aliphatic heterocycles. The molecule has 1 aliphatic carbocycles. The topological polar surface area (TPSA) is 73.9 Å². The highest BCUT2D eigenvalue weighted by molar-refractivity contribution is 5.90. The fourth-order valence-corrected chi connectivity index (χ4v) is 5.87. The highest BCUT2D eigenvalue weighted by Crippen LogP contribution is 2.23. The van der Waals surface area contributed by atoms with Crippen LogP contribution in [-0.4, -0.2) is 73.5 Å². The third-order valence-corrected chi connectivity index (χ3v) is 8.44. The molecular weight excluding hydrogens is 512 g/mol. The minimum absolute atomic E-state index is 0.00596. The molecule has 2 aromatic rings. The number of hydrogen-bond donors (Lipinski definition) is 2. The Kier molecular flexibility index (Phi) is 12.1. The van der Waals surface area contributed by atoms with E-state index in [4.69, 9.17) is 4.74 Å². The number of nitrogens with zero attached hydrogens (tertiary/aromatic N) is 2. The van der Waals surface area contributed by atoms with Gasteiger partial charge in [-0.1, -0.05) is 75.6 Å². The van der Waals surface area contributed by atoms with Crippen molar-refractivity contribution in [3.8, 4) is 5.75 Å². The Balaban J connectivity index is 1.42. The quantitative estimate of drug-likeness (QED) is 0.372. The van der Waals surface area contributed by atoms with Crippen molar-refractivity contribution in [2.45, 2.75) is 77.5 Å². The summed E-state index contributed by atoms with van der Waals surface area (Å²) < 4.78 is 5.96. The Morgan fingerprint density at radius 3 is 2.22 bits per heavy atom. The number of nitrogens with one attached hydrogen (secondary N) is 2. The second-order valence-corrected chi connectivity index (χ2v) is 12.4. The molecule has 4 rings (SSSR count). The van der Waals surface area contributed by atoms with Crippen LogP contribution >= 0.6 is 0 Å². The first-order chi connectivity index (χ1) is 19.9. The van der Waals surface area contributed by atoms with E-state index in [1.807, 2.05) is 59.5 Å². The lowest BCUT2D eigenvalue weighted by Gasteiger charge is -2.35. The maximum Gasteiger partial charge on any atom is 0.245 e. The normalized spacial score (nSPS) is 18.2. The van der Waals surface area contributed by atoms with Crippen LogP contribution in [0.15, 0.2) is 54.6 Å². The van der Waals surface area contributed by atoms with Gasteiger partial charge in [0, 0.05) is 32.6 Å². The zero-order valence-electron chi connectivity index (χ0n) is 25.3. The summed E-state index contributed by atoms with van der Waals surface area (Å²) >= 11 is 0. The molecule has 2 unspecified atom stereocenters. The number of carbonyl (C=O) groups is 2. The predicted octanol–water partition coefficient (Wildman–Crippen LogP) is 4.65. The number of amides is 2. The van der Waals surface area contributed by atoms with Crippen LogP contribution in [-0.2, 0) is 22.6 Å². The molecule has 41 heavy (non-hydrogen) atoms. The highest BCUT2D eigenvalue weighted by Gasteiger charge is 2.31. The molecule has 0 radical (unpaired) electrons. The molecule has 0 spiro atoms. The number of likely N-dealkylation sites (N-methyl/N-ethyl adjacent to an activating group) is 1. The molecule has 1 saturated carbocycles. The molecule has 2 N–H and O–H groups in total. The van der Waals surface area contributed by atoms with Gasteiger partial charge in [0.2, 0.25) is 11.8 Å². The molecule has 2 fully saturated rings. The van der Waals surface area contributed by atoms with E-state index in [2.05, 4.69) is 36.4 Å². The van der Waals surface area contributed by atoms with Crippen LogP contribution in [0.5, 0.6) is 5.75 Å². The number of carbonyl (C=O) groups excluding carboxylic acids is 2. The standard InChI is InChI=1S/C34H50N4O3/c1-26(2)22-31(35-24-28-10-6-4-7-11-28)33(39)36-32(34(40)38-20-18-37(3)19-21-38)23-27-14-16-30(17-15-27)41-25-29-12-8-5-9-13-29/h5,8-9,12-17,26,28,31-32,35H,4,6-7,10-11,18-25H2,1-3H3,(H,36,39). The van der Waals surface area contributed by atoms with Crippen molar-refractivity contribution in [1.82, 2.24) is 20.4 Å². The minimum atomic E-state index is -0.604. The fourth-order valence-electron chi connectivity index (χ4n) is 5.87. The third-order valence-electron chi connectivity index (χ3n) is 8.44. The van der Waals surface area contributed by atoms with E-state index in [-0.39, 0.29) is 17.9 Å². The number of rotatable bonds is 13. The first-order valence-electron chi connectivity index (χ1n) is 15.6. The van der Waals surface area contributed by atoms with Crippen LogP contribution in [0.3, 0.4) is 0 Å². The Morgan fingerprint density at radius 1 is 0.878 bits per heavy atom. The maximum atomic E-state index is 13.8. The van der Waals surface area contributed by atoms with Gasteiger partial charge in [-0.15, -0.1) is 0 Å². The zero-order chi connectivity index (χ0) is 29.0. The van der Waals surface area contributed by atoms with Gasteiger partial charge in [-0.2, -0.15) is 0 Å². The summed E-state index contributed by atoms with van der Waals surface area (Å²) in [5.74, 6) is 1.74. The summed E-state index contributed by atoms with van der Waals surface area (Å²) in [5.41, 5.74) is 2.12. The van der Waals surface area contributed by atoms with Crippen molar-refractivity contribution in [3.05, 3.63) is 65.7 Å². The summed E-state index contributed by atoms with van der Waals surface area (Å²) in [5, 5.41) is 6.78. The van der Waals surface area contributed by atoms with Gasteiger partial charge in [0.1, 0.15) is 18.4 Å². The second kappa shape index (κ2) is 15.9. The molecular formula is C34H50N4O3. The molecule has 2 aromatic carbocycles. The smallest absolute Gasteiger partial charge is 0.245 e. The molecule has 7 nitrogen and oxygen atoms in total. The SMILES string of the molecule is CC(C)CC(NCC1CCCCC1)C(=O)NC(Cc1ccc(OCc2ccccc2)cc1)C(=O)N1CCN(C)CC1. The monoisotopic (exact) mass is 562 g/mol. The molecule has 2 amide bonds. The predicted molar refractivity (Wildman–Crippen MR) is 165 cm³/mol. The van der Waals surface area contributed by atoms with Gasteiger partial charge in [-0.25, -0.2) is 0 Å². The average molecular weight is 563 g/mol. The molecule has 2 aliphatic rings. The molecule has 0 aromatic heterocycles. The maximum absolute atomic E-state index is 13.8. The van der Waals surface area contributed by atoms with Crippen LogP contribution < -0.4 is 15.4 Å². The van der Waals surface area contributed by atoms with Gasteiger partial charge in [0.05, 0.1) is 6.04 Å². The van der Waals surface area contributed by atoms with E-state index in [1.165, 1.54) is 32.1 Å². The average Bonchev–Trinajstić information content (AvgIpc) is 2.99. The molecule has 1 saturated heterocycles. The number of ether oxygens (including phenoxy) is 1. The van der Waals surface area contributed by atoms with E-state index in [0.717, 1.165) is 42.9 Å². The third kappa shape index (κ3) is 10.2. The lowest BCUT2D eigenvalue weighted by Crippen LogP contribution is -2.57. The van der Waals surface area contributed by atoms with Crippen LogP contribution in [0.4, 0.5) is 0 Å². The summed E-state index contributed by atoms with van der Waals surface area (Å²) in [6.45, 7) is 8.73. The van der Waals surface area contributed by atoms with Crippen LogP contribution in [0.25, 0.3) is 0 Å². The lowest BCUT2D eigenvalue weighted by atomic mass is 9.89. The van der Waals surface area contributed by atoms with Gasteiger partial charge in [-0.05, 0) is 68.0 Å². The first-order valence-corrected chi connectivity index (χ1v) is 15.6. The summed E-state index contributed by atoms with van der Waals surface area (Å²) in [4.78, 5) is 31.6. The lowest BCUT2D eigenvalue weighted by molar-refractivity contribution is -0.138. The summed E-state index contributed by atoms with van der Waals surface area (Å²) in [7, 11) is 2.08. The summed E-state index contributed by atoms with van der Waals surface area (Å²) in [6, 6.07) is 17.1. The Bertz CT molecular complexity index is 1060. The van der Waals surface area contributed by atoms with Gasteiger partial charge >= 0.3 is 0 Å². The van der Waals surface area contributed by atoms with Crippen molar-refractivity contribution in [2.24, 2.45) is 11.8 Å². The first kappa shape index (κ1) is 31.0. The largest absolute Gasteiger partial charge is 0.489 e. The van der Waals surface area contributed by atoms with E-state index >= 15 is 0 Å². The minimum Gasteiger partial charge on any atom is -0.489 e. The molecule has 7 heteroatoms. The number of hydrogen-bond acceptors (Lipinski definition) is 5. The van der Waals surface area contributed by atoms with Crippen LogP contribution in [0, 0.1) is 11.8 Å². The van der Waals surface area contributed by atoms with Crippen molar-refractivity contribution in [3.63, 3.8) is 0 Å². The Hall–Kier alpha value is -2.90. The zero-order valence-corrected chi connectivity index (χ0v) is 25.3. The molecule has 1 heterocycles. The van der Waals surface area contributed by atoms with Crippen molar-refractivity contribution in [2.75, 3.05) is 39.8 Å². The van der Waals surface area contributed by atoms with Crippen LogP contribution in [0.2, 0.25) is 0 Å². The molecule has 224 valence electrons. The fraction of sp³-hybridized carbons (Fsp3) is 0.588. The van der Waals surface area contributed by atoms with Gasteiger partial charge in [0.15, 0.2) is 0 Å². The van der Waals surface area contributed by atoms with Crippen molar-refractivity contribution >= 4 is 11.8 Å². The van der Waals surface area contributed by atoms with E-state index < -0.39 is 6.04 Å². The van der Waals surface area contributed by atoms with Gasteiger partial charge in [-0.3, -0.25) is 9.59 Å². The van der Waals surface area contributed by atoms with E-state index in [0.29, 0.717) is 38.0 Å². The molecule has 2 atom stereocenters. The number of benzene rings is 2. The van der Waals surface area contributed by atoms with Crippen LogP contribution in [0.1, 0.15) is 63.5 Å². The van der Waals surface area contributed by atoms with E-state index in [1.54, 1.807) is 0 Å². The second-order valence-electron chi connectivity index (χ2n) is 12.4. The van der Waals surface area contributed by atoms with E-state index in [9.17, 15) is 9.59 Å². The molecule has 0 bridgehead atoms. The number of piperazine rings is 1. The van der Waals surface area contributed by atoms with Gasteiger partial charge in [0.25, 0.3) is 0 Å². The van der Waals surface area contributed by atoms with Gasteiger partial charge < -0.3 is 25.2 Å².